The van der Waals surface area contributed by atoms with Crippen molar-refractivity contribution in [2.75, 3.05) is 0 Å². The van der Waals surface area contributed by atoms with Gasteiger partial charge in [-0.15, -0.1) is 0 Å². The Bertz CT molecular complexity index is 262. The molecule has 0 N–H and O–H groups in total. The molecule has 0 radical (unpaired) electrons. The first-order chi connectivity index (χ1) is 6.10. The van der Waals surface area contributed by atoms with Gasteiger partial charge in [0.2, 0.25) is 0 Å². The van der Waals surface area contributed by atoms with Gasteiger partial charge in [-0.25, -0.2) is 9.97 Å². The minimum atomic E-state index is 0.201. The van der Waals surface area contributed by atoms with E-state index in [4.69, 9.17) is 0 Å². The van der Waals surface area contributed by atoms with Gasteiger partial charge in [0.05, 0.1) is 0 Å². The highest BCUT2D eigenvalue weighted by Gasteiger charge is 2.18. The van der Waals surface area contributed by atoms with E-state index in [-0.39, 0.29) is 5.41 Å². The molecular weight excluding hydrogens is 160 g/mol. The van der Waals surface area contributed by atoms with Crippen LogP contribution in [0.1, 0.15) is 45.5 Å². The monoisotopic (exact) mass is 178 g/mol. The first kappa shape index (κ1) is 10.2. The van der Waals surface area contributed by atoms with Gasteiger partial charge in [-0.2, -0.15) is 0 Å². The summed E-state index contributed by atoms with van der Waals surface area (Å²) in [6, 6.07) is 0. The number of rotatable bonds is 3. The van der Waals surface area contributed by atoms with E-state index in [0.717, 1.165) is 18.7 Å². The Morgan fingerprint density at radius 2 is 1.69 bits per heavy atom. The molecule has 0 spiro atoms. The highest BCUT2D eigenvalue weighted by molar-refractivity contribution is 5.16. The highest BCUT2D eigenvalue weighted by Crippen LogP contribution is 2.24. The number of hydrogen-bond donors (Lipinski definition) is 0. The maximum absolute atomic E-state index is 4.30. The van der Waals surface area contributed by atoms with Crippen molar-refractivity contribution < 1.29 is 0 Å². The first-order valence-electron chi connectivity index (χ1n) is 4.91. The zero-order chi connectivity index (χ0) is 9.90. The molecule has 2 nitrogen and oxygen atoms in total. The molecule has 1 aromatic rings. The quantitative estimate of drug-likeness (QED) is 0.711. The van der Waals surface area contributed by atoms with Gasteiger partial charge in [-0.05, 0) is 17.4 Å². The molecule has 13 heavy (non-hydrogen) atoms. The normalized spacial score (nSPS) is 11.7. The fourth-order valence-electron chi connectivity index (χ4n) is 1.09. The molecule has 0 unspecified atom stereocenters. The highest BCUT2D eigenvalue weighted by atomic mass is 14.9. The van der Waals surface area contributed by atoms with Crippen molar-refractivity contribution in [3.63, 3.8) is 0 Å². The smallest absolute Gasteiger partial charge is 0.127 e. The van der Waals surface area contributed by atoms with Gasteiger partial charge in [0.25, 0.3) is 0 Å². The van der Waals surface area contributed by atoms with Gasteiger partial charge in [-0.1, -0.05) is 27.7 Å². The lowest BCUT2D eigenvalue weighted by Gasteiger charge is -2.22. The van der Waals surface area contributed by atoms with Crippen molar-refractivity contribution in [2.24, 2.45) is 0 Å². The zero-order valence-electron chi connectivity index (χ0n) is 8.96. The molecule has 0 bridgehead atoms. The Labute approximate surface area is 80.4 Å². The van der Waals surface area contributed by atoms with E-state index >= 15 is 0 Å². The first-order valence-corrected chi connectivity index (χ1v) is 4.91. The van der Waals surface area contributed by atoms with Gasteiger partial charge < -0.3 is 0 Å². The Balaban J connectivity index is 2.92. The average Bonchev–Trinajstić information content (AvgIpc) is 2.18. The summed E-state index contributed by atoms with van der Waals surface area (Å²) >= 11 is 0. The van der Waals surface area contributed by atoms with Crippen LogP contribution in [0.25, 0.3) is 0 Å². The standard InChI is InChI=1S/C11H18N2/c1-5-10-12-7-9(8-13-10)11(3,4)6-2/h7-8H,5-6H2,1-4H3. The van der Waals surface area contributed by atoms with E-state index in [1.165, 1.54) is 5.56 Å². The van der Waals surface area contributed by atoms with Gasteiger partial charge in [0, 0.05) is 18.8 Å². The maximum atomic E-state index is 4.30. The van der Waals surface area contributed by atoms with E-state index in [9.17, 15) is 0 Å². The van der Waals surface area contributed by atoms with Crippen LogP contribution in [0.5, 0.6) is 0 Å². The minimum Gasteiger partial charge on any atom is -0.241 e. The summed E-state index contributed by atoms with van der Waals surface area (Å²) < 4.78 is 0. The van der Waals surface area contributed by atoms with Crippen LogP contribution in [-0.4, -0.2) is 9.97 Å². The third-order valence-corrected chi connectivity index (χ3v) is 2.69. The van der Waals surface area contributed by atoms with E-state index in [0.29, 0.717) is 0 Å². The third kappa shape index (κ3) is 2.27. The van der Waals surface area contributed by atoms with Gasteiger partial charge >= 0.3 is 0 Å². The van der Waals surface area contributed by atoms with Crippen molar-refractivity contribution in [3.8, 4) is 0 Å². The van der Waals surface area contributed by atoms with Crippen molar-refractivity contribution >= 4 is 0 Å². The van der Waals surface area contributed by atoms with Crippen LogP contribution in [0.2, 0.25) is 0 Å². The second-order valence-corrected chi connectivity index (χ2v) is 3.98. The van der Waals surface area contributed by atoms with Crippen molar-refractivity contribution in [3.05, 3.63) is 23.8 Å². The van der Waals surface area contributed by atoms with Crippen LogP contribution in [0.4, 0.5) is 0 Å². The lowest BCUT2D eigenvalue weighted by Crippen LogP contribution is -2.16. The maximum Gasteiger partial charge on any atom is 0.127 e. The zero-order valence-corrected chi connectivity index (χ0v) is 8.96. The molecule has 72 valence electrons. The van der Waals surface area contributed by atoms with E-state index in [1.807, 2.05) is 12.4 Å². The molecular formula is C11H18N2. The minimum absolute atomic E-state index is 0.201. The fraction of sp³-hybridized carbons (Fsp3) is 0.636. The van der Waals surface area contributed by atoms with Crippen molar-refractivity contribution in [2.45, 2.75) is 46.0 Å². The molecule has 0 amide bonds. The second-order valence-electron chi connectivity index (χ2n) is 3.98. The van der Waals surface area contributed by atoms with Gasteiger partial charge in [0.1, 0.15) is 5.82 Å². The summed E-state index contributed by atoms with van der Waals surface area (Å²) in [4.78, 5) is 8.60. The summed E-state index contributed by atoms with van der Waals surface area (Å²) in [6.45, 7) is 8.70. The molecule has 0 saturated carbocycles. The van der Waals surface area contributed by atoms with Crippen LogP contribution >= 0.6 is 0 Å². The molecule has 1 aromatic heterocycles. The van der Waals surface area contributed by atoms with Crippen LogP contribution < -0.4 is 0 Å². The van der Waals surface area contributed by atoms with E-state index in [1.54, 1.807) is 0 Å². The van der Waals surface area contributed by atoms with Crippen LogP contribution in [0.15, 0.2) is 12.4 Å². The van der Waals surface area contributed by atoms with Crippen molar-refractivity contribution in [1.82, 2.24) is 9.97 Å². The molecule has 0 fully saturated rings. The molecule has 1 rings (SSSR count). The van der Waals surface area contributed by atoms with Crippen LogP contribution in [0.3, 0.4) is 0 Å². The number of aromatic nitrogens is 2. The predicted molar refractivity (Wildman–Crippen MR) is 54.7 cm³/mol. The van der Waals surface area contributed by atoms with Gasteiger partial charge in [-0.3, -0.25) is 0 Å². The predicted octanol–water partition coefficient (Wildman–Crippen LogP) is 2.73. The number of hydrogen-bond acceptors (Lipinski definition) is 2. The Hall–Kier alpha value is -0.920. The van der Waals surface area contributed by atoms with Crippen molar-refractivity contribution in [1.29, 1.82) is 0 Å². The molecule has 0 saturated heterocycles. The Morgan fingerprint density at radius 1 is 1.15 bits per heavy atom. The fourth-order valence-corrected chi connectivity index (χ4v) is 1.09. The number of nitrogens with zero attached hydrogens (tertiary/aromatic N) is 2. The SMILES string of the molecule is CCc1ncc(C(C)(C)CC)cn1. The summed E-state index contributed by atoms with van der Waals surface area (Å²) in [5, 5.41) is 0. The molecule has 1 heterocycles. The van der Waals surface area contributed by atoms with Gasteiger partial charge in [0.15, 0.2) is 0 Å². The molecule has 0 atom stereocenters. The molecule has 0 aliphatic carbocycles. The Morgan fingerprint density at radius 3 is 2.08 bits per heavy atom. The molecule has 0 aromatic carbocycles. The van der Waals surface area contributed by atoms with Crippen LogP contribution in [0, 0.1) is 0 Å². The van der Waals surface area contributed by atoms with E-state index < -0.39 is 0 Å². The largest absolute Gasteiger partial charge is 0.241 e. The summed E-state index contributed by atoms with van der Waals surface area (Å²) in [5.41, 5.74) is 1.43. The topological polar surface area (TPSA) is 25.8 Å². The molecule has 0 aliphatic heterocycles. The lowest BCUT2D eigenvalue weighted by atomic mass is 9.84. The molecule has 2 heteroatoms. The number of aryl methyl sites for hydroxylation is 1. The average molecular weight is 178 g/mol. The second kappa shape index (κ2) is 3.86. The lowest BCUT2D eigenvalue weighted by molar-refractivity contribution is 0.501. The summed E-state index contributed by atoms with van der Waals surface area (Å²) in [6.07, 6.45) is 5.93. The van der Waals surface area contributed by atoms with E-state index in [2.05, 4.69) is 37.7 Å². The summed E-state index contributed by atoms with van der Waals surface area (Å²) in [5.74, 6) is 0.927. The molecule has 0 aliphatic rings. The van der Waals surface area contributed by atoms with Crippen LogP contribution in [-0.2, 0) is 11.8 Å². The summed E-state index contributed by atoms with van der Waals surface area (Å²) in [7, 11) is 0. The third-order valence-electron chi connectivity index (χ3n) is 2.69. The Kier molecular flexibility index (Phi) is 3.02.